The maximum Gasteiger partial charge on any atom is 0.212 e. The molecule has 0 heterocycles. The minimum absolute atomic E-state index is 0.115. The zero-order valence-corrected chi connectivity index (χ0v) is 13.0. The summed E-state index contributed by atoms with van der Waals surface area (Å²) in [7, 11) is 0. The highest BCUT2D eigenvalue weighted by molar-refractivity contribution is 5.61. The summed E-state index contributed by atoms with van der Waals surface area (Å²) in [4.78, 5) is 0. The summed E-state index contributed by atoms with van der Waals surface area (Å²) in [6.45, 7) is 16.9. The Kier molecular flexibility index (Phi) is 4.81. The van der Waals surface area contributed by atoms with Gasteiger partial charge in [0.05, 0.1) is 0 Å². The average Bonchev–Trinajstić information content (AvgIpc) is 2.28. The number of hydrogen-bond acceptors (Lipinski definition) is 2. The van der Waals surface area contributed by atoms with Gasteiger partial charge in [-0.1, -0.05) is 45.1 Å². The summed E-state index contributed by atoms with van der Waals surface area (Å²) in [5.74, 6) is 0.169. The van der Waals surface area contributed by atoms with Crippen molar-refractivity contribution in [2.45, 2.75) is 47.3 Å². The maximum atomic E-state index is 6.09. The monoisotopic (exact) mass is 262 g/mol. The summed E-state index contributed by atoms with van der Waals surface area (Å²) >= 11 is 0. The molecule has 1 unspecified atom stereocenters. The quantitative estimate of drug-likeness (QED) is 0.703. The van der Waals surface area contributed by atoms with Crippen LogP contribution in [-0.2, 0) is 4.74 Å². The molecule has 1 rings (SSSR count). The lowest BCUT2D eigenvalue weighted by Gasteiger charge is -2.41. The number of benzene rings is 1. The van der Waals surface area contributed by atoms with Crippen molar-refractivity contribution in [3.05, 3.63) is 36.4 Å². The molecule has 0 N–H and O–H groups in total. The Morgan fingerprint density at radius 2 is 1.63 bits per heavy atom. The van der Waals surface area contributed by atoms with Gasteiger partial charge in [0.1, 0.15) is 5.75 Å². The maximum absolute atomic E-state index is 6.09. The summed E-state index contributed by atoms with van der Waals surface area (Å²) < 4.78 is 11.9. The van der Waals surface area contributed by atoms with Gasteiger partial charge in [0.2, 0.25) is 5.79 Å². The van der Waals surface area contributed by atoms with Gasteiger partial charge in [0.25, 0.3) is 0 Å². The number of allylic oxidation sites excluding steroid dienone is 1. The third kappa shape index (κ3) is 3.84. The van der Waals surface area contributed by atoms with Crippen molar-refractivity contribution in [1.82, 2.24) is 0 Å². The van der Waals surface area contributed by atoms with Crippen LogP contribution < -0.4 is 4.74 Å². The third-order valence-electron chi connectivity index (χ3n) is 3.44. The van der Waals surface area contributed by atoms with E-state index in [0.29, 0.717) is 6.61 Å². The van der Waals surface area contributed by atoms with Gasteiger partial charge in [-0.2, -0.15) is 0 Å². The van der Waals surface area contributed by atoms with Crippen LogP contribution in [0.4, 0.5) is 0 Å². The van der Waals surface area contributed by atoms with E-state index >= 15 is 0 Å². The Balaban J connectivity index is 2.94. The molecule has 1 aromatic rings. The van der Waals surface area contributed by atoms with Gasteiger partial charge >= 0.3 is 0 Å². The van der Waals surface area contributed by atoms with E-state index in [-0.39, 0.29) is 5.41 Å². The van der Waals surface area contributed by atoms with Crippen molar-refractivity contribution < 1.29 is 9.47 Å². The van der Waals surface area contributed by atoms with Gasteiger partial charge < -0.3 is 9.47 Å². The van der Waals surface area contributed by atoms with Crippen molar-refractivity contribution in [2.75, 3.05) is 6.61 Å². The fourth-order valence-corrected chi connectivity index (χ4v) is 1.71. The van der Waals surface area contributed by atoms with Crippen LogP contribution in [0.15, 0.2) is 30.8 Å². The lowest BCUT2D eigenvalue weighted by molar-refractivity contribution is -0.227. The fraction of sp³-hybridized carbons (Fsp3) is 0.529. The zero-order valence-electron chi connectivity index (χ0n) is 13.0. The fourth-order valence-electron chi connectivity index (χ4n) is 1.71. The van der Waals surface area contributed by atoms with E-state index < -0.39 is 5.79 Å². The molecule has 2 heteroatoms. The van der Waals surface area contributed by atoms with E-state index in [1.165, 1.54) is 0 Å². The molecule has 0 aliphatic carbocycles. The Labute approximate surface area is 117 Å². The normalized spacial score (nSPS) is 14.8. The molecule has 106 valence electrons. The zero-order chi connectivity index (χ0) is 14.7. The van der Waals surface area contributed by atoms with Crippen LogP contribution in [0.5, 0.6) is 5.75 Å². The first-order chi connectivity index (χ1) is 8.69. The third-order valence-corrected chi connectivity index (χ3v) is 3.44. The summed E-state index contributed by atoms with van der Waals surface area (Å²) in [6, 6.07) is 7.97. The second-order valence-electron chi connectivity index (χ2n) is 6.04. The highest BCUT2D eigenvalue weighted by atomic mass is 16.7. The molecule has 1 aromatic carbocycles. The highest BCUT2D eigenvalue weighted by Crippen LogP contribution is 2.36. The standard InChI is InChI=1S/C17H26O2/c1-8-18-17(7,16(4,5)6)19-15-11-9-14(10-12-15)13(2)3/h9-12H,2,8H2,1,3-7H3. The minimum Gasteiger partial charge on any atom is -0.462 e. The van der Waals surface area contributed by atoms with Crippen LogP contribution in [0.1, 0.15) is 47.1 Å². The summed E-state index contributed by atoms with van der Waals surface area (Å²) in [5.41, 5.74) is 2.06. The Bertz CT molecular complexity index is 426. The van der Waals surface area contributed by atoms with E-state index in [4.69, 9.17) is 9.47 Å². The van der Waals surface area contributed by atoms with Gasteiger partial charge in [-0.25, -0.2) is 0 Å². The molecule has 1 atom stereocenters. The molecule has 0 amide bonds. The van der Waals surface area contributed by atoms with Crippen molar-refractivity contribution in [3.8, 4) is 5.75 Å². The summed E-state index contributed by atoms with van der Waals surface area (Å²) in [6.07, 6.45) is 0. The second kappa shape index (κ2) is 5.79. The van der Waals surface area contributed by atoms with E-state index in [2.05, 4.69) is 27.4 Å². The number of hydrogen-bond donors (Lipinski definition) is 0. The van der Waals surface area contributed by atoms with Gasteiger partial charge in [-0.3, -0.25) is 0 Å². The van der Waals surface area contributed by atoms with E-state index in [1.807, 2.05) is 45.0 Å². The largest absolute Gasteiger partial charge is 0.462 e. The van der Waals surface area contributed by atoms with Gasteiger partial charge in [0.15, 0.2) is 0 Å². The van der Waals surface area contributed by atoms with Crippen molar-refractivity contribution in [1.29, 1.82) is 0 Å². The highest BCUT2D eigenvalue weighted by Gasteiger charge is 2.40. The number of rotatable bonds is 5. The first-order valence-electron chi connectivity index (χ1n) is 6.78. The van der Waals surface area contributed by atoms with Crippen molar-refractivity contribution >= 4 is 5.57 Å². The van der Waals surface area contributed by atoms with Crippen LogP contribution in [0.3, 0.4) is 0 Å². The van der Waals surface area contributed by atoms with E-state index in [9.17, 15) is 0 Å². The molecule has 0 aromatic heterocycles. The molecular formula is C17H26O2. The van der Waals surface area contributed by atoms with E-state index in [1.54, 1.807) is 0 Å². The summed E-state index contributed by atoms with van der Waals surface area (Å²) in [5, 5.41) is 0. The molecule has 0 aliphatic rings. The molecule has 2 nitrogen and oxygen atoms in total. The molecule has 0 radical (unpaired) electrons. The van der Waals surface area contributed by atoms with E-state index in [0.717, 1.165) is 16.9 Å². The first-order valence-corrected chi connectivity index (χ1v) is 6.78. The Morgan fingerprint density at radius 3 is 2.00 bits per heavy atom. The van der Waals surface area contributed by atoms with Crippen molar-refractivity contribution in [2.24, 2.45) is 5.41 Å². The van der Waals surface area contributed by atoms with Crippen molar-refractivity contribution in [3.63, 3.8) is 0 Å². The molecular weight excluding hydrogens is 236 g/mol. The molecule has 0 spiro atoms. The van der Waals surface area contributed by atoms with Gasteiger partial charge in [-0.05, 0) is 31.5 Å². The Hall–Kier alpha value is -1.28. The predicted molar refractivity (Wildman–Crippen MR) is 81.3 cm³/mol. The first kappa shape index (κ1) is 15.8. The molecule has 0 saturated heterocycles. The van der Waals surface area contributed by atoms with Crippen LogP contribution in [0.25, 0.3) is 5.57 Å². The smallest absolute Gasteiger partial charge is 0.212 e. The molecule has 0 fully saturated rings. The van der Waals surface area contributed by atoms with Gasteiger partial charge in [-0.15, -0.1) is 0 Å². The van der Waals surface area contributed by atoms with Gasteiger partial charge in [0, 0.05) is 18.9 Å². The predicted octanol–water partition coefficient (Wildman–Crippen LogP) is 4.90. The molecule has 0 bridgehead atoms. The molecule has 0 saturated carbocycles. The lowest BCUT2D eigenvalue weighted by Crippen LogP contribution is -2.48. The Morgan fingerprint density at radius 1 is 1.11 bits per heavy atom. The molecule has 19 heavy (non-hydrogen) atoms. The van der Waals surface area contributed by atoms with Crippen LogP contribution in [0, 0.1) is 5.41 Å². The number of ether oxygens (including phenoxy) is 2. The average molecular weight is 262 g/mol. The minimum atomic E-state index is -0.646. The SMILES string of the molecule is C=C(C)c1ccc(OC(C)(OCC)C(C)(C)C)cc1. The van der Waals surface area contributed by atoms with Crippen LogP contribution in [-0.4, -0.2) is 12.4 Å². The topological polar surface area (TPSA) is 18.5 Å². The second-order valence-corrected chi connectivity index (χ2v) is 6.04. The van der Waals surface area contributed by atoms with Crippen LogP contribution >= 0.6 is 0 Å². The lowest BCUT2D eigenvalue weighted by atomic mass is 9.86. The van der Waals surface area contributed by atoms with Crippen LogP contribution in [0.2, 0.25) is 0 Å². The molecule has 0 aliphatic heterocycles.